The van der Waals surface area contributed by atoms with Gasteiger partial charge in [0.15, 0.2) is 6.54 Å². The van der Waals surface area contributed by atoms with E-state index in [9.17, 15) is 24.6 Å². The van der Waals surface area contributed by atoms with Crippen LogP contribution in [0.2, 0.25) is 0 Å². The molecule has 0 radical (unpaired) electrons. The summed E-state index contributed by atoms with van der Waals surface area (Å²) in [5, 5.41) is 21.6. The van der Waals surface area contributed by atoms with Gasteiger partial charge in [0.1, 0.15) is 9.85 Å². The Bertz CT molecular complexity index is 169. The Morgan fingerprint density at radius 3 is 1.91 bits per heavy atom. The van der Waals surface area contributed by atoms with Gasteiger partial charge in [-0.25, -0.2) is 0 Å². The third kappa shape index (κ3) is 1.80. The molecule has 64 valence electrons. The molecule has 7 nitrogen and oxygen atoms in total. The summed E-state index contributed by atoms with van der Waals surface area (Å²) in [5.74, 6) is -3.62. The lowest BCUT2D eigenvalue weighted by Crippen LogP contribution is -2.49. The first-order chi connectivity index (χ1) is 4.95. The Balaban J connectivity index is 4.52. The molecule has 0 aromatic rings. The summed E-state index contributed by atoms with van der Waals surface area (Å²) in [6.07, 6.45) is 0. The number of likely N-dealkylation sites (N-methyl/N-ethyl adjacent to an activating group) is 1. The van der Waals surface area contributed by atoms with Crippen molar-refractivity contribution in [1.82, 2.24) is 5.32 Å². The van der Waals surface area contributed by atoms with E-state index in [-0.39, 0.29) is 0 Å². The van der Waals surface area contributed by atoms with Crippen LogP contribution in [0.1, 0.15) is 0 Å². The second-order valence-electron chi connectivity index (χ2n) is 1.76. The molecule has 0 rings (SSSR count). The Morgan fingerprint density at radius 1 is 1.45 bits per heavy atom. The molecule has 8 heteroatoms. The fraction of sp³-hybridized carbons (Fsp3) is 1.00. The molecular weight excluding hydrogens is 161 g/mol. The van der Waals surface area contributed by atoms with Crippen molar-refractivity contribution >= 4 is 0 Å². The molecular formula is C3H6FN3O4. The number of halogens is 1. The summed E-state index contributed by atoms with van der Waals surface area (Å²) < 4.78 is 12.6. The Hall–Kier alpha value is -1.31. The molecule has 0 aromatic heterocycles. The number of hydrogen-bond donors (Lipinski definition) is 1. The van der Waals surface area contributed by atoms with E-state index >= 15 is 0 Å². The van der Waals surface area contributed by atoms with E-state index in [1.54, 1.807) is 0 Å². The average Bonchev–Trinajstić information content (AvgIpc) is 1.87. The molecule has 0 atom stereocenters. The van der Waals surface area contributed by atoms with Crippen molar-refractivity contribution in [2.24, 2.45) is 0 Å². The van der Waals surface area contributed by atoms with Gasteiger partial charge in [-0.2, -0.15) is 0 Å². The molecule has 0 aliphatic heterocycles. The van der Waals surface area contributed by atoms with Crippen molar-refractivity contribution in [3.8, 4) is 0 Å². The van der Waals surface area contributed by atoms with Gasteiger partial charge in [-0.3, -0.25) is 20.2 Å². The summed E-state index contributed by atoms with van der Waals surface area (Å²) in [4.78, 5) is 16.4. The van der Waals surface area contributed by atoms with Gasteiger partial charge in [0.05, 0.1) is 0 Å². The zero-order valence-electron chi connectivity index (χ0n) is 5.61. The predicted molar refractivity (Wildman–Crippen MR) is 31.8 cm³/mol. The summed E-state index contributed by atoms with van der Waals surface area (Å²) in [7, 11) is 1.18. The lowest BCUT2D eigenvalue weighted by Gasteiger charge is -2.05. The topological polar surface area (TPSA) is 98.3 Å². The lowest BCUT2D eigenvalue weighted by atomic mass is 10.5. The predicted octanol–water partition coefficient (Wildman–Crippen LogP) is -0.617. The Kier molecular flexibility index (Phi) is 2.81. The number of nitrogens with zero attached hydrogens (tertiary/aromatic N) is 2. The van der Waals surface area contributed by atoms with Crippen LogP contribution < -0.4 is 5.32 Å². The van der Waals surface area contributed by atoms with Crippen molar-refractivity contribution < 1.29 is 14.2 Å². The molecule has 0 bridgehead atoms. The molecule has 0 unspecified atom stereocenters. The highest BCUT2D eigenvalue weighted by atomic mass is 19.2. The lowest BCUT2D eigenvalue weighted by molar-refractivity contribution is -0.828. The van der Waals surface area contributed by atoms with Gasteiger partial charge in [0.2, 0.25) is 0 Å². The maximum absolute atomic E-state index is 12.6. The average molecular weight is 167 g/mol. The van der Waals surface area contributed by atoms with Crippen molar-refractivity contribution in [3.05, 3.63) is 20.2 Å². The Labute approximate surface area is 60.5 Å². The zero-order valence-corrected chi connectivity index (χ0v) is 5.61. The molecule has 11 heavy (non-hydrogen) atoms. The number of hydrogen-bond acceptors (Lipinski definition) is 5. The minimum atomic E-state index is -3.62. The molecule has 0 amide bonds. The van der Waals surface area contributed by atoms with Crippen LogP contribution in [0.4, 0.5) is 4.39 Å². The van der Waals surface area contributed by atoms with E-state index in [1.165, 1.54) is 7.05 Å². The monoisotopic (exact) mass is 167 g/mol. The maximum Gasteiger partial charge on any atom is 0.626 e. The fourth-order valence-electron chi connectivity index (χ4n) is 0.421. The number of nitro groups is 2. The second kappa shape index (κ2) is 3.19. The maximum atomic E-state index is 12.6. The van der Waals surface area contributed by atoms with E-state index in [0.29, 0.717) is 0 Å². The zero-order chi connectivity index (χ0) is 9.07. The van der Waals surface area contributed by atoms with Gasteiger partial charge in [0.25, 0.3) is 0 Å². The molecule has 0 aliphatic rings. The second-order valence-corrected chi connectivity index (χ2v) is 1.76. The largest absolute Gasteiger partial charge is 0.626 e. The first-order valence-corrected chi connectivity index (χ1v) is 2.57. The van der Waals surface area contributed by atoms with Crippen LogP contribution in [-0.2, 0) is 0 Å². The first kappa shape index (κ1) is 9.69. The molecule has 0 saturated carbocycles. The summed E-state index contributed by atoms with van der Waals surface area (Å²) in [6.45, 7) is -0.951. The van der Waals surface area contributed by atoms with Gasteiger partial charge in [0, 0.05) is 0 Å². The summed E-state index contributed by atoms with van der Waals surface area (Å²) in [6, 6.07) is 0. The van der Waals surface area contributed by atoms with E-state index in [1.807, 2.05) is 5.32 Å². The highest BCUT2D eigenvalue weighted by Gasteiger charge is 2.57. The Morgan fingerprint density at radius 2 is 1.82 bits per heavy atom. The quantitative estimate of drug-likeness (QED) is 0.260. The third-order valence-corrected chi connectivity index (χ3v) is 0.961. The molecule has 1 N–H and O–H groups in total. The SMILES string of the molecule is CNCC(F)([N+](=O)[O-])[N+](=O)[O-]. The van der Waals surface area contributed by atoms with E-state index < -0.39 is 22.3 Å². The summed E-state index contributed by atoms with van der Waals surface area (Å²) >= 11 is 0. The van der Waals surface area contributed by atoms with E-state index in [2.05, 4.69) is 0 Å². The molecule has 0 fully saturated rings. The van der Waals surface area contributed by atoms with Crippen LogP contribution in [0.5, 0.6) is 0 Å². The smallest absolute Gasteiger partial charge is 0.304 e. The van der Waals surface area contributed by atoms with Crippen LogP contribution in [0.15, 0.2) is 0 Å². The van der Waals surface area contributed by atoms with Crippen molar-refractivity contribution in [1.29, 1.82) is 0 Å². The summed E-state index contributed by atoms with van der Waals surface area (Å²) in [5.41, 5.74) is 0. The van der Waals surface area contributed by atoms with Crippen LogP contribution in [0, 0.1) is 20.2 Å². The van der Waals surface area contributed by atoms with Gasteiger partial charge in [-0.05, 0) is 7.05 Å². The fourth-order valence-corrected chi connectivity index (χ4v) is 0.421. The standard InChI is InChI=1S/C3H6FN3O4/c1-5-2-3(4,6(8)9)7(10)11/h5H,2H2,1H3. The minimum Gasteiger partial charge on any atom is -0.304 e. The molecule has 0 saturated heterocycles. The molecule has 0 aliphatic carbocycles. The molecule has 0 spiro atoms. The van der Waals surface area contributed by atoms with Crippen LogP contribution in [0.3, 0.4) is 0 Å². The molecule has 0 heterocycles. The highest BCUT2D eigenvalue weighted by molar-refractivity contribution is 4.53. The van der Waals surface area contributed by atoms with Crippen molar-refractivity contribution in [3.63, 3.8) is 0 Å². The van der Waals surface area contributed by atoms with Crippen LogP contribution >= 0.6 is 0 Å². The van der Waals surface area contributed by atoms with Gasteiger partial charge >= 0.3 is 5.92 Å². The number of rotatable bonds is 4. The number of nitrogens with one attached hydrogen (secondary N) is 1. The van der Waals surface area contributed by atoms with Crippen molar-refractivity contribution in [2.75, 3.05) is 13.6 Å². The molecule has 0 aromatic carbocycles. The van der Waals surface area contributed by atoms with E-state index in [0.717, 1.165) is 0 Å². The normalized spacial score (nSPS) is 11.1. The first-order valence-electron chi connectivity index (χ1n) is 2.57. The van der Waals surface area contributed by atoms with Gasteiger partial charge < -0.3 is 5.32 Å². The highest BCUT2D eigenvalue weighted by Crippen LogP contribution is 2.10. The van der Waals surface area contributed by atoms with Crippen molar-refractivity contribution in [2.45, 2.75) is 5.92 Å². The van der Waals surface area contributed by atoms with Crippen LogP contribution in [-0.4, -0.2) is 29.4 Å². The van der Waals surface area contributed by atoms with E-state index in [4.69, 9.17) is 0 Å². The van der Waals surface area contributed by atoms with Gasteiger partial charge in [-0.1, -0.05) is 4.39 Å². The minimum absolute atomic E-state index is 0.951. The third-order valence-electron chi connectivity index (χ3n) is 0.961. The van der Waals surface area contributed by atoms with Crippen LogP contribution in [0.25, 0.3) is 0 Å². The van der Waals surface area contributed by atoms with Gasteiger partial charge in [-0.15, -0.1) is 0 Å². The number of alkyl halides is 1.